The van der Waals surface area contributed by atoms with E-state index in [1.807, 2.05) is 13.8 Å². The molecule has 0 saturated carbocycles. The number of fused-ring (bicyclic) bond motifs is 1. The highest BCUT2D eigenvalue weighted by Crippen LogP contribution is 2.33. The van der Waals surface area contributed by atoms with Gasteiger partial charge in [-0.3, -0.25) is 9.59 Å². The van der Waals surface area contributed by atoms with Gasteiger partial charge in [-0.2, -0.15) is 0 Å². The Morgan fingerprint density at radius 2 is 2.12 bits per heavy atom. The monoisotopic (exact) mass is 238 g/mol. The second-order valence-electron chi connectivity index (χ2n) is 4.45. The van der Waals surface area contributed by atoms with Crippen molar-refractivity contribution in [3.8, 4) is 5.75 Å². The van der Waals surface area contributed by atoms with E-state index >= 15 is 0 Å². The first-order valence-electron chi connectivity index (χ1n) is 4.95. The lowest BCUT2D eigenvalue weighted by molar-refractivity contribution is 0.0620. The van der Waals surface area contributed by atoms with Gasteiger partial charge in [-0.05, 0) is 43.6 Å². The van der Waals surface area contributed by atoms with Crippen LogP contribution in [-0.4, -0.2) is 16.6 Å². The number of carbonyl (C=O) groups is 2. The molecule has 0 unspecified atom stereocenters. The third kappa shape index (κ3) is 1.95. The predicted molar refractivity (Wildman–Crippen MR) is 60.3 cm³/mol. The maximum Gasteiger partial charge on any atom is 0.252 e. The fourth-order valence-electron chi connectivity index (χ4n) is 1.77. The molecule has 0 amide bonds. The van der Waals surface area contributed by atoms with Crippen LogP contribution in [0.25, 0.3) is 0 Å². The molecule has 0 fully saturated rings. The predicted octanol–water partition coefficient (Wildman–Crippen LogP) is 2.81. The molecule has 0 bridgehead atoms. The topological polar surface area (TPSA) is 43.4 Å². The standard InChI is InChI=1S/C12H11ClO3/c1-12(2)6-9(14)8-5-7(11(13)15)3-4-10(8)16-12/h3-5H,6H2,1-2H3. The van der Waals surface area contributed by atoms with Crippen LogP contribution in [0.5, 0.6) is 5.75 Å². The van der Waals surface area contributed by atoms with Crippen molar-refractivity contribution < 1.29 is 14.3 Å². The second kappa shape index (κ2) is 3.59. The van der Waals surface area contributed by atoms with Crippen LogP contribution < -0.4 is 4.74 Å². The van der Waals surface area contributed by atoms with E-state index in [0.29, 0.717) is 23.3 Å². The number of ether oxygens (including phenoxy) is 1. The molecule has 2 rings (SSSR count). The summed E-state index contributed by atoms with van der Waals surface area (Å²) >= 11 is 5.36. The fourth-order valence-corrected chi connectivity index (χ4v) is 1.89. The van der Waals surface area contributed by atoms with Gasteiger partial charge in [-0.1, -0.05) is 0 Å². The van der Waals surface area contributed by atoms with Gasteiger partial charge in [-0.25, -0.2) is 0 Å². The third-order valence-electron chi connectivity index (χ3n) is 2.48. The minimum absolute atomic E-state index is 0.0222. The van der Waals surface area contributed by atoms with E-state index in [1.165, 1.54) is 6.07 Å². The Labute approximate surface area is 98.4 Å². The summed E-state index contributed by atoms with van der Waals surface area (Å²) in [5.41, 5.74) is 0.263. The quantitative estimate of drug-likeness (QED) is 0.707. The third-order valence-corrected chi connectivity index (χ3v) is 2.70. The van der Waals surface area contributed by atoms with E-state index in [2.05, 4.69) is 0 Å². The number of hydrogen-bond acceptors (Lipinski definition) is 3. The first-order valence-corrected chi connectivity index (χ1v) is 5.33. The average Bonchev–Trinajstić information content (AvgIpc) is 2.15. The van der Waals surface area contributed by atoms with Crippen LogP contribution in [0, 0.1) is 0 Å². The first-order chi connectivity index (χ1) is 7.39. The number of carbonyl (C=O) groups excluding carboxylic acids is 2. The molecule has 0 aromatic heterocycles. The number of hydrogen-bond donors (Lipinski definition) is 0. The zero-order valence-electron chi connectivity index (χ0n) is 9.04. The first kappa shape index (κ1) is 11.1. The summed E-state index contributed by atoms with van der Waals surface area (Å²) in [6.07, 6.45) is 0.305. The number of ketones is 1. The van der Waals surface area contributed by atoms with Crippen molar-refractivity contribution in [2.24, 2.45) is 0 Å². The molecule has 16 heavy (non-hydrogen) atoms. The van der Waals surface area contributed by atoms with Gasteiger partial charge >= 0.3 is 0 Å². The van der Waals surface area contributed by atoms with Gasteiger partial charge in [0.05, 0.1) is 12.0 Å². The highest BCUT2D eigenvalue weighted by molar-refractivity contribution is 6.67. The SMILES string of the molecule is CC1(C)CC(=O)c2cc(C(=O)Cl)ccc2O1. The Hall–Kier alpha value is -1.35. The molecule has 4 heteroatoms. The lowest BCUT2D eigenvalue weighted by Gasteiger charge is -2.31. The van der Waals surface area contributed by atoms with Gasteiger partial charge in [0.15, 0.2) is 5.78 Å². The van der Waals surface area contributed by atoms with Crippen molar-refractivity contribution >= 4 is 22.6 Å². The Morgan fingerprint density at radius 3 is 2.75 bits per heavy atom. The molecule has 0 atom stereocenters. The lowest BCUT2D eigenvalue weighted by Crippen LogP contribution is -2.35. The molecule has 1 aromatic carbocycles. The summed E-state index contributed by atoms with van der Waals surface area (Å²) in [5.74, 6) is 0.494. The molecular weight excluding hydrogens is 228 g/mol. The van der Waals surface area contributed by atoms with Gasteiger partial charge in [-0.15, -0.1) is 0 Å². The molecule has 1 aliphatic rings. The molecule has 1 heterocycles. The minimum atomic E-state index is -0.569. The van der Waals surface area contributed by atoms with Crippen LogP contribution in [0.2, 0.25) is 0 Å². The number of rotatable bonds is 1. The van der Waals surface area contributed by atoms with E-state index in [0.717, 1.165) is 0 Å². The second-order valence-corrected chi connectivity index (χ2v) is 4.79. The maximum absolute atomic E-state index is 11.8. The molecule has 0 spiro atoms. The van der Waals surface area contributed by atoms with Crippen molar-refractivity contribution in [1.82, 2.24) is 0 Å². The van der Waals surface area contributed by atoms with E-state index in [9.17, 15) is 9.59 Å². The summed E-state index contributed by atoms with van der Waals surface area (Å²) in [5, 5.41) is -0.569. The smallest absolute Gasteiger partial charge is 0.252 e. The largest absolute Gasteiger partial charge is 0.487 e. The normalized spacial score (nSPS) is 17.6. The van der Waals surface area contributed by atoms with Gasteiger partial charge in [0.2, 0.25) is 0 Å². The van der Waals surface area contributed by atoms with Crippen molar-refractivity contribution in [2.75, 3.05) is 0 Å². The van der Waals surface area contributed by atoms with E-state index in [1.54, 1.807) is 12.1 Å². The van der Waals surface area contributed by atoms with Crippen LogP contribution in [0.4, 0.5) is 0 Å². The molecule has 0 radical (unpaired) electrons. The van der Waals surface area contributed by atoms with Crippen LogP contribution in [0.1, 0.15) is 41.0 Å². The zero-order chi connectivity index (χ0) is 11.9. The van der Waals surface area contributed by atoms with Crippen LogP contribution in [0.3, 0.4) is 0 Å². The summed E-state index contributed by atoms with van der Waals surface area (Å²) in [7, 11) is 0. The average molecular weight is 239 g/mol. The highest BCUT2D eigenvalue weighted by atomic mass is 35.5. The van der Waals surface area contributed by atoms with E-state index in [4.69, 9.17) is 16.3 Å². The molecule has 1 aliphatic heterocycles. The number of benzene rings is 1. The zero-order valence-corrected chi connectivity index (χ0v) is 9.80. The number of Topliss-reactive ketones (excluding diaryl/α,β-unsaturated/α-hetero) is 1. The lowest BCUT2D eigenvalue weighted by atomic mass is 9.92. The van der Waals surface area contributed by atoms with Crippen molar-refractivity contribution in [2.45, 2.75) is 25.9 Å². The highest BCUT2D eigenvalue weighted by Gasteiger charge is 2.32. The summed E-state index contributed by atoms with van der Waals surface area (Å²) in [6.45, 7) is 3.71. The van der Waals surface area contributed by atoms with Gasteiger partial charge in [0, 0.05) is 5.56 Å². The van der Waals surface area contributed by atoms with Crippen LogP contribution in [0.15, 0.2) is 18.2 Å². The fraction of sp³-hybridized carbons (Fsp3) is 0.333. The molecular formula is C12H11ClO3. The number of halogens is 1. The van der Waals surface area contributed by atoms with Crippen molar-refractivity contribution in [3.05, 3.63) is 29.3 Å². The maximum atomic E-state index is 11.8. The van der Waals surface area contributed by atoms with Crippen LogP contribution >= 0.6 is 11.6 Å². The Bertz CT molecular complexity index is 477. The van der Waals surface area contributed by atoms with Crippen molar-refractivity contribution in [3.63, 3.8) is 0 Å². The van der Waals surface area contributed by atoms with Gasteiger partial charge in [0.25, 0.3) is 5.24 Å². The molecule has 0 aliphatic carbocycles. The van der Waals surface area contributed by atoms with Gasteiger partial charge < -0.3 is 4.74 Å². The van der Waals surface area contributed by atoms with E-state index in [-0.39, 0.29) is 5.78 Å². The summed E-state index contributed by atoms with van der Waals surface area (Å²) < 4.78 is 5.65. The van der Waals surface area contributed by atoms with Crippen LogP contribution in [-0.2, 0) is 0 Å². The summed E-state index contributed by atoms with van der Waals surface area (Å²) in [6, 6.07) is 4.66. The molecule has 0 N–H and O–H groups in total. The molecule has 0 saturated heterocycles. The minimum Gasteiger partial charge on any atom is -0.487 e. The van der Waals surface area contributed by atoms with Crippen molar-refractivity contribution in [1.29, 1.82) is 0 Å². The summed E-state index contributed by atoms with van der Waals surface area (Å²) in [4.78, 5) is 22.8. The van der Waals surface area contributed by atoms with Gasteiger partial charge in [0.1, 0.15) is 11.4 Å². The molecule has 3 nitrogen and oxygen atoms in total. The Kier molecular flexibility index (Phi) is 2.50. The van der Waals surface area contributed by atoms with E-state index < -0.39 is 10.8 Å². The Morgan fingerprint density at radius 1 is 1.44 bits per heavy atom. The molecule has 84 valence electrons. The Balaban J connectivity index is 2.49. The molecule has 1 aromatic rings.